The summed E-state index contributed by atoms with van der Waals surface area (Å²) < 4.78 is 24.3. The van der Waals surface area contributed by atoms with Gasteiger partial charge in [0, 0.05) is 65.9 Å². The molecule has 2 aromatic carbocycles. The molecule has 2 aromatic heterocycles. The summed E-state index contributed by atoms with van der Waals surface area (Å²) in [6.45, 7) is 11.8. The van der Waals surface area contributed by atoms with Crippen molar-refractivity contribution in [3.63, 3.8) is 0 Å². The molecule has 4 aromatic rings. The molecule has 3 N–H and O–H groups in total. The summed E-state index contributed by atoms with van der Waals surface area (Å²) in [6.07, 6.45) is 8.40. The Morgan fingerprint density at radius 3 is 2.35 bits per heavy atom. The standard InChI is InChI=1S/C51H58N8O10/c1-6-32-25-37-38(50(2,3)46-43(45(37)62)34-10-9-31(27-52)24-39(34)55-46)26-36(32)33-28-54-58(29-33)30-42(61)57(5)15-17-67-19-21-69-23-22-68-20-18-66-16-14-53-51(4)13-7-8-35-44(51)49(65)59(48(35)64)40-11-12-41(60)56-47(40)63/h7-10,24-26,28-29,40,53,55H,6,11-23,30H2,1-5H3,(H,56,60,63). The summed E-state index contributed by atoms with van der Waals surface area (Å²) in [5.41, 5.74) is 6.38. The van der Waals surface area contributed by atoms with Gasteiger partial charge in [-0.25, -0.2) is 0 Å². The number of nitrogens with zero attached hydrogens (tertiary/aromatic N) is 5. The number of ketones is 1. The average Bonchev–Trinajstić information content (AvgIpc) is 4.03. The van der Waals surface area contributed by atoms with Crippen LogP contribution in [0.4, 0.5) is 0 Å². The highest BCUT2D eigenvalue weighted by atomic mass is 16.6. The van der Waals surface area contributed by atoms with Crippen LogP contribution in [-0.2, 0) is 61.3 Å². The van der Waals surface area contributed by atoms with Gasteiger partial charge in [0.1, 0.15) is 12.6 Å². The number of carbonyl (C=O) groups excluding carboxylic acids is 6. The van der Waals surface area contributed by atoms with Crippen molar-refractivity contribution in [2.24, 2.45) is 0 Å². The fraction of sp³-hybridized carbons (Fsp3) is 0.451. The van der Waals surface area contributed by atoms with Crippen molar-refractivity contribution in [2.45, 2.75) is 76.9 Å². The lowest BCUT2D eigenvalue weighted by molar-refractivity contribution is -0.150. The lowest BCUT2D eigenvalue weighted by Crippen LogP contribution is -2.56. The molecule has 69 heavy (non-hydrogen) atoms. The molecular formula is C51H58N8O10. The van der Waals surface area contributed by atoms with Gasteiger partial charge in [-0.1, -0.05) is 39.0 Å². The summed E-state index contributed by atoms with van der Waals surface area (Å²) in [7, 11) is 1.73. The Labute approximate surface area is 399 Å². The van der Waals surface area contributed by atoms with E-state index in [-0.39, 0.29) is 36.6 Å². The second-order valence-electron chi connectivity index (χ2n) is 18.4. The van der Waals surface area contributed by atoms with Gasteiger partial charge in [0.25, 0.3) is 11.8 Å². The molecule has 8 rings (SSSR count). The molecule has 4 aliphatic rings. The Kier molecular flexibility index (Phi) is 14.5. The molecule has 0 bridgehead atoms. The number of ether oxygens (including phenoxy) is 4. The van der Waals surface area contributed by atoms with Gasteiger partial charge >= 0.3 is 0 Å². The maximum Gasteiger partial charge on any atom is 0.262 e. The summed E-state index contributed by atoms with van der Waals surface area (Å²) in [6, 6.07) is 10.6. The number of fused-ring (bicyclic) bond motifs is 4. The van der Waals surface area contributed by atoms with Gasteiger partial charge < -0.3 is 34.1 Å². The molecule has 5 amide bonds. The second-order valence-corrected chi connectivity index (χ2v) is 18.4. The van der Waals surface area contributed by atoms with Crippen molar-refractivity contribution in [1.82, 2.24) is 35.2 Å². The molecule has 18 nitrogen and oxygen atoms in total. The number of H-pyrrole nitrogens is 1. The third-order valence-corrected chi connectivity index (χ3v) is 13.5. The number of imide groups is 2. The summed E-state index contributed by atoms with van der Waals surface area (Å²) in [5, 5.41) is 20.4. The number of carbonyl (C=O) groups is 6. The zero-order valence-electron chi connectivity index (χ0n) is 39.7. The Bertz CT molecular complexity index is 2810. The SMILES string of the molecule is CCc1cc2c(cc1-c1cnn(CC(=O)N(C)CCOCCOCCOCCOCCNC3(C)CC=CC4=C3C(=O)N(C3CCC(=O)NC3=O)C4=O)c1)C(C)(C)c1[nH]c3cc(C#N)ccc3c1C2=O. The van der Waals surface area contributed by atoms with E-state index in [4.69, 9.17) is 18.9 Å². The number of rotatable bonds is 21. The molecule has 2 aliphatic carbocycles. The van der Waals surface area contributed by atoms with Crippen LogP contribution in [0.5, 0.6) is 0 Å². The number of nitrogens with one attached hydrogen (secondary N) is 3. The minimum atomic E-state index is -1.02. The Hall–Kier alpha value is -6.62. The van der Waals surface area contributed by atoms with E-state index in [2.05, 4.69) is 53.6 Å². The number of aromatic nitrogens is 3. The number of aryl methyl sites for hydroxylation is 1. The fourth-order valence-electron chi connectivity index (χ4n) is 9.63. The summed E-state index contributed by atoms with van der Waals surface area (Å²) in [4.78, 5) is 84.0. The van der Waals surface area contributed by atoms with Gasteiger partial charge in [-0.15, -0.1) is 0 Å². The third-order valence-electron chi connectivity index (χ3n) is 13.5. The van der Waals surface area contributed by atoms with Gasteiger partial charge in [-0.3, -0.25) is 43.7 Å². The largest absolute Gasteiger partial charge is 0.378 e. The first-order valence-electron chi connectivity index (χ1n) is 23.4. The van der Waals surface area contributed by atoms with Crippen LogP contribution in [0.15, 0.2) is 66.0 Å². The van der Waals surface area contributed by atoms with Gasteiger partial charge in [-0.05, 0) is 67.1 Å². The second kappa shape index (κ2) is 20.5. The van der Waals surface area contributed by atoms with Gasteiger partial charge in [0.2, 0.25) is 17.7 Å². The Balaban J connectivity index is 0.695. The number of benzene rings is 2. The maximum atomic E-state index is 14.1. The first-order valence-corrected chi connectivity index (χ1v) is 23.4. The number of hydrogen-bond donors (Lipinski definition) is 3. The predicted molar refractivity (Wildman–Crippen MR) is 252 cm³/mol. The van der Waals surface area contributed by atoms with Crippen molar-refractivity contribution >= 4 is 46.2 Å². The van der Waals surface area contributed by atoms with E-state index in [1.807, 2.05) is 31.3 Å². The van der Waals surface area contributed by atoms with Crippen LogP contribution in [-0.4, -0.2) is 144 Å². The smallest absolute Gasteiger partial charge is 0.262 e. The van der Waals surface area contributed by atoms with Gasteiger partial charge in [0.05, 0.1) is 92.9 Å². The predicted octanol–water partition coefficient (Wildman–Crippen LogP) is 3.64. The van der Waals surface area contributed by atoms with Gasteiger partial charge in [0.15, 0.2) is 5.78 Å². The zero-order valence-corrected chi connectivity index (χ0v) is 39.7. The van der Waals surface area contributed by atoms with Gasteiger partial charge in [-0.2, -0.15) is 10.4 Å². The first kappa shape index (κ1) is 48.8. The molecule has 2 unspecified atom stereocenters. The van der Waals surface area contributed by atoms with E-state index < -0.39 is 40.6 Å². The molecule has 18 heteroatoms. The minimum absolute atomic E-state index is 0.0396. The van der Waals surface area contributed by atoms with E-state index >= 15 is 0 Å². The zero-order chi connectivity index (χ0) is 49.0. The van der Waals surface area contributed by atoms with Crippen molar-refractivity contribution in [3.05, 3.63) is 99.5 Å². The molecule has 0 radical (unpaired) electrons. The number of amides is 5. The van der Waals surface area contributed by atoms with Crippen LogP contribution in [0, 0.1) is 11.3 Å². The highest BCUT2D eigenvalue weighted by molar-refractivity contribution is 6.24. The molecule has 2 aliphatic heterocycles. The highest BCUT2D eigenvalue weighted by Gasteiger charge is 2.51. The Morgan fingerprint density at radius 1 is 0.942 bits per heavy atom. The van der Waals surface area contributed by atoms with Crippen LogP contribution in [0.25, 0.3) is 22.0 Å². The van der Waals surface area contributed by atoms with Crippen LogP contribution in [0.2, 0.25) is 0 Å². The van der Waals surface area contributed by atoms with Crippen molar-refractivity contribution < 1.29 is 47.7 Å². The topological polar surface area (TPSA) is 227 Å². The molecular weight excluding hydrogens is 885 g/mol. The Morgan fingerprint density at radius 2 is 1.65 bits per heavy atom. The van der Waals surface area contributed by atoms with E-state index in [0.717, 1.165) is 43.8 Å². The van der Waals surface area contributed by atoms with E-state index in [1.165, 1.54) is 0 Å². The van der Waals surface area contributed by atoms with Crippen molar-refractivity contribution in [3.8, 4) is 17.2 Å². The normalized spacial score (nSPS) is 19.5. The van der Waals surface area contributed by atoms with Crippen LogP contribution in [0.3, 0.4) is 0 Å². The molecule has 0 spiro atoms. The molecule has 1 fully saturated rings. The number of likely N-dealkylation sites (N-methyl/N-ethyl adjacent to an activating group) is 1. The van der Waals surface area contributed by atoms with Crippen LogP contribution < -0.4 is 10.6 Å². The highest BCUT2D eigenvalue weighted by Crippen LogP contribution is 2.46. The van der Waals surface area contributed by atoms with Crippen molar-refractivity contribution in [1.29, 1.82) is 5.26 Å². The lowest BCUT2D eigenvalue weighted by atomic mass is 9.70. The molecule has 4 heterocycles. The fourth-order valence-corrected chi connectivity index (χ4v) is 9.63. The minimum Gasteiger partial charge on any atom is -0.378 e. The summed E-state index contributed by atoms with van der Waals surface area (Å²) >= 11 is 0. The maximum absolute atomic E-state index is 14.1. The number of nitriles is 1. The lowest BCUT2D eigenvalue weighted by Gasteiger charge is -2.34. The molecule has 362 valence electrons. The number of hydrogen-bond acceptors (Lipinski definition) is 13. The van der Waals surface area contributed by atoms with E-state index in [9.17, 15) is 34.0 Å². The molecule has 1 saturated heterocycles. The molecule has 2 atom stereocenters. The van der Waals surface area contributed by atoms with Crippen LogP contribution >= 0.6 is 0 Å². The quantitative estimate of drug-likeness (QED) is 0.0802. The average molecular weight is 943 g/mol. The number of aromatic amines is 1. The van der Waals surface area contributed by atoms with Crippen molar-refractivity contribution in [2.75, 3.05) is 73.0 Å². The van der Waals surface area contributed by atoms with E-state index in [1.54, 1.807) is 41.0 Å². The monoisotopic (exact) mass is 942 g/mol. The third kappa shape index (κ3) is 9.83. The first-order chi connectivity index (χ1) is 33.2. The summed E-state index contributed by atoms with van der Waals surface area (Å²) in [5.74, 6) is -2.27. The van der Waals surface area contributed by atoms with E-state index in [0.29, 0.717) is 101 Å². The van der Waals surface area contributed by atoms with Crippen LogP contribution in [0.1, 0.15) is 85.3 Å². The number of piperidine rings is 1. The molecule has 0 saturated carbocycles.